The maximum Gasteiger partial charge on any atom is 0.324 e. The van der Waals surface area contributed by atoms with E-state index in [1.54, 1.807) is 18.2 Å². The van der Waals surface area contributed by atoms with Gasteiger partial charge < -0.3 is 4.74 Å². The van der Waals surface area contributed by atoms with Gasteiger partial charge in [0.2, 0.25) is 0 Å². The molecule has 106 valence electrons. The standard InChI is InChI=1S/C14H11N3O4/c1-3-14(12(19)15-13(20)16-14)17-7-8-4-5-9(21-2)6-10(8)11(17)18/h1,4-6H,7H2,2H3,(H2,15,16,19,20). The van der Waals surface area contributed by atoms with E-state index in [1.807, 2.05) is 0 Å². The number of carbonyl (C=O) groups is 3. The third-order valence-corrected chi connectivity index (χ3v) is 3.58. The van der Waals surface area contributed by atoms with Crippen LogP contribution < -0.4 is 15.4 Å². The van der Waals surface area contributed by atoms with Crippen molar-refractivity contribution in [2.45, 2.75) is 12.2 Å². The van der Waals surface area contributed by atoms with Crippen molar-refractivity contribution < 1.29 is 19.1 Å². The Morgan fingerprint density at radius 2 is 2.14 bits per heavy atom. The van der Waals surface area contributed by atoms with Crippen molar-refractivity contribution in [3.63, 3.8) is 0 Å². The number of nitrogens with one attached hydrogen (secondary N) is 2. The summed E-state index contributed by atoms with van der Waals surface area (Å²) in [7, 11) is 1.49. The van der Waals surface area contributed by atoms with Crippen molar-refractivity contribution in [2.24, 2.45) is 0 Å². The Bertz CT molecular complexity index is 721. The molecule has 1 aromatic rings. The number of imide groups is 1. The van der Waals surface area contributed by atoms with E-state index < -0.39 is 23.5 Å². The largest absolute Gasteiger partial charge is 0.497 e. The van der Waals surface area contributed by atoms with Gasteiger partial charge in [-0.3, -0.25) is 25.1 Å². The van der Waals surface area contributed by atoms with Crippen molar-refractivity contribution in [3.05, 3.63) is 29.3 Å². The lowest BCUT2D eigenvalue weighted by molar-refractivity contribution is -0.126. The fourth-order valence-electron chi connectivity index (χ4n) is 2.49. The summed E-state index contributed by atoms with van der Waals surface area (Å²) in [6.07, 6.45) is 5.41. The molecule has 2 heterocycles. The van der Waals surface area contributed by atoms with Gasteiger partial charge in [0.25, 0.3) is 17.5 Å². The number of hydrogen-bond acceptors (Lipinski definition) is 4. The molecule has 1 atom stereocenters. The number of methoxy groups -OCH3 is 1. The molecule has 21 heavy (non-hydrogen) atoms. The van der Waals surface area contributed by atoms with Crippen LogP contribution in [0.15, 0.2) is 18.2 Å². The quantitative estimate of drug-likeness (QED) is 0.583. The Labute approximate surface area is 120 Å². The molecule has 0 radical (unpaired) electrons. The second-order valence-corrected chi connectivity index (χ2v) is 4.68. The first-order chi connectivity index (χ1) is 10.0. The molecule has 1 unspecified atom stereocenters. The van der Waals surface area contributed by atoms with Crippen LogP contribution in [0.2, 0.25) is 0 Å². The maximum atomic E-state index is 12.5. The molecule has 1 saturated heterocycles. The summed E-state index contributed by atoms with van der Waals surface area (Å²) in [4.78, 5) is 37.0. The third kappa shape index (κ3) is 1.66. The maximum absolute atomic E-state index is 12.5. The Kier molecular flexibility index (Phi) is 2.63. The lowest BCUT2D eigenvalue weighted by Crippen LogP contribution is -2.59. The van der Waals surface area contributed by atoms with E-state index in [0.717, 1.165) is 4.90 Å². The van der Waals surface area contributed by atoms with E-state index in [-0.39, 0.29) is 6.54 Å². The van der Waals surface area contributed by atoms with Gasteiger partial charge in [0.05, 0.1) is 13.7 Å². The second kappa shape index (κ2) is 4.24. The van der Waals surface area contributed by atoms with Crippen LogP contribution in [0, 0.1) is 12.3 Å². The summed E-state index contributed by atoms with van der Waals surface area (Å²) in [6.45, 7) is 0.135. The van der Waals surface area contributed by atoms with Crippen molar-refractivity contribution in [1.82, 2.24) is 15.5 Å². The number of urea groups is 1. The van der Waals surface area contributed by atoms with E-state index >= 15 is 0 Å². The molecule has 4 amide bonds. The van der Waals surface area contributed by atoms with E-state index in [9.17, 15) is 14.4 Å². The zero-order chi connectivity index (χ0) is 15.2. The number of carbonyl (C=O) groups excluding carboxylic acids is 3. The molecule has 2 aliphatic heterocycles. The van der Waals surface area contributed by atoms with Crippen LogP contribution in [-0.4, -0.2) is 35.5 Å². The highest BCUT2D eigenvalue weighted by molar-refractivity contribution is 6.12. The van der Waals surface area contributed by atoms with Crippen LogP contribution in [0.25, 0.3) is 0 Å². The average molecular weight is 285 g/mol. The van der Waals surface area contributed by atoms with Crippen LogP contribution >= 0.6 is 0 Å². The molecule has 0 aliphatic carbocycles. The van der Waals surface area contributed by atoms with Gasteiger partial charge >= 0.3 is 6.03 Å². The summed E-state index contributed by atoms with van der Waals surface area (Å²) in [5.74, 6) is 1.59. The smallest absolute Gasteiger partial charge is 0.324 e. The minimum absolute atomic E-state index is 0.135. The number of terminal acetylenes is 1. The van der Waals surface area contributed by atoms with E-state index in [4.69, 9.17) is 11.2 Å². The Hall–Kier alpha value is -3.01. The molecule has 7 heteroatoms. The van der Waals surface area contributed by atoms with Crippen molar-refractivity contribution >= 4 is 17.8 Å². The Balaban J connectivity index is 2.03. The van der Waals surface area contributed by atoms with Crippen LogP contribution in [-0.2, 0) is 11.3 Å². The molecule has 1 aromatic carbocycles. The number of ether oxygens (including phenoxy) is 1. The fourth-order valence-corrected chi connectivity index (χ4v) is 2.49. The highest BCUT2D eigenvalue weighted by atomic mass is 16.5. The second-order valence-electron chi connectivity index (χ2n) is 4.68. The molecule has 2 N–H and O–H groups in total. The molecular weight excluding hydrogens is 274 g/mol. The normalized spacial score (nSPS) is 23.4. The predicted molar refractivity (Wildman–Crippen MR) is 71.1 cm³/mol. The summed E-state index contributed by atoms with van der Waals surface area (Å²) in [6, 6.07) is 4.30. The van der Waals surface area contributed by atoms with Crippen LogP contribution in [0.3, 0.4) is 0 Å². The molecule has 7 nitrogen and oxygen atoms in total. The number of rotatable bonds is 2. The summed E-state index contributed by atoms with van der Waals surface area (Å²) in [5.41, 5.74) is -0.678. The minimum Gasteiger partial charge on any atom is -0.497 e. The molecule has 3 rings (SSSR count). The molecule has 1 fully saturated rings. The van der Waals surface area contributed by atoms with Gasteiger partial charge in [-0.1, -0.05) is 6.07 Å². The highest BCUT2D eigenvalue weighted by Crippen LogP contribution is 2.31. The molecular formula is C14H11N3O4. The Morgan fingerprint density at radius 3 is 2.71 bits per heavy atom. The van der Waals surface area contributed by atoms with Crippen LogP contribution in [0.1, 0.15) is 15.9 Å². The first-order valence-corrected chi connectivity index (χ1v) is 6.12. The first kappa shape index (κ1) is 13.0. The number of amides is 4. The van der Waals surface area contributed by atoms with E-state index in [1.165, 1.54) is 7.11 Å². The van der Waals surface area contributed by atoms with Gasteiger partial charge in [-0.2, -0.15) is 0 Å². The number of benzene rings is 1. The van der Waals surface area contributed by atoms with Crippen molar-refractivity contribution in [1.29, 1.82) is 0 Å². The molecule has 2 aliphatic rings. The SMILES string of the molecule is C#CC1(N2Cc3ccc(OC)cc3C2=O)NC(=O)NC1=O. The van der Waals surface area contributed by atoms with Gasteiger partial charge in [-0.15, -0.1) is 6.42 Å². The van der Waals surface area contributed by atoms with E-state index in [0.29, 0.717) is 16.9 Å². The fraction of sp³-hybridized carbons (Fsp3) is 0.214. The third-order valence-electron chi connectivity index (χ3n) is 3.58. The molecule has 0 aromatic heterocycles. The molecule has 0 spiro atoms. The van der Waals surface area contributed by atoms with E-state index in [2.05, 4.69) is 16.6 Å². The lowest BCUT2D eigenvalue weighted by atomic mass is 10.1. The van der Waals surface area contributed by atoms with Gasteiger partial charge in [-0.25, -0.2) is 4.79 Å². The zero-order valence-electron chi connectivity index (χ0n) is 11.1. The minimum atomic E-state index is -1.79. The highest BCUT2D eigenvalue weighted by Gasteiger charge is 2.54. The van der Waals surface area contributed by atoms with Gasteiger partial charge in [0, 0.05) is 5.56 Å². The summed E-state index contributed by atoms with van der Waals surface area (Å²) in [5, 5.41) is 4.40. The number of hydrogen-bond donors (Lipinski definition) is 2. The first-order valence-electron chi connectivity index (χ1n) is 6.12. The van der Waals surface area contributed by atoms with Crippen molar-refractivity contribution in [2.75, 3.05) is 7.11 Å². The van der Waals surface area contributed by atoms with Gasteiger partial charge in [0.1, 0.15) is 5.75 Å². The summed E-state index contributed by atoms with van der Waals surface area (Å²) < 4.78 is 5.08. The van der Waals surface area contributed by atoms with Gasteiger partial charge in [-0.05, 0) is 23.6 Å². The Morgan fingerprint density at radius 1 is 1.38 bits per heavy atom. The molecule has 0 saturated carbocycles. The van der Waals surface area contributed by atoms with Crippen molar-refractivity contribution in [3.8, 4) is 18.1 Å². The average Bonchev–Trinajstić information content (AvgIpc) is 2.96. The molecule has 0 bridgehead atoms. The number of nitrogens with zero attached hydrogens (tertiary/aromatic N) is 1. The zero-order valence-corrected chi connectivity index (χ0v) is 11.1. The van der Waals surface area contributed by atoms with Gasteiger partial charge in [0.15, 0.2) is 0 Å². The topological polar surface area (TPSA) is 87.7 Å². The number of fused-ring (bicyclic) bond motifs is 1. The lowest BCUT2D eigenvalue weighted by Gasteiger charge is -2.30. The van der Waals surface area contributed by atoms with Crippen LogP contribution in [0.5, 0.6) is 5.75 Å². The van der Waals surface area contributed by atoms with Crippen LogP contribution in [0.4, 0.5) is 4.79 Å². The monoisotopic (exact) mass is 285 g/mol. The summed E-state index contributed by atoms with van der Waals surface area (Å²) >= 11 is 0. The predicted octanol–water partition coefficient (Wildman–Crippen LogP) is -0.180.